The molecule has 1 aliphatic carbocycles. The van der Waals surface area contributed by atoms with Crippen molar-refractivity contribution in [3.8, 4) is 0 Å². The average Bonchev–Trinajstić information content (AvgIpc) is 2.84. The lowest BCUT2D eigenvalue weighted by molar-refractivity contribution is 0.581. The van der Waals surface area contributed by atoms with E-state index in [-0.39, 0.29) is 6.01 Å². The van der Waals surface area contributed by atoms with Crippen LogP contribution in [0.5, 0.6) is 0 Å². The molecule has 3 N–H and O–H groups in total. The largest absolute Gasteiger partial charge is 0.390 e. The number of hydrogen-bond acceptors (Lipinski definition) is 5. The molecule has 72 valence electrons. The van der Waals surface area contributed by atoms with Crippen LogP contribution in [0, 0.1) is 5.92 Å². The van der Waals surface area contributed by atoms with E-state index in [2.05, 4.69) is 15.5 Å². The molecule has 0 atom stereocenters. The number of nitrogen functional groups attached to an aromatic ring is 1. The highest BCUT2D eigenvalue weighted by atomic mass is 16.4. The van der Waals surface area contributed by atoms with Crippen LogP contribution in [0.4, 0.5) is 12.0 Å². The van der Waals surface area contributed by atoms with Crippen LogP contribution < -0.4 is 11.1 Å². The minimum absolute atomic E-state index is 0.115. The molecule has 0 radical (unpaired) electrons. The standard InChI is InChI=1S/C8H14N4O/c9-7-11-12-8(13-7)10-5-1-2-6-3-4-6/h6H,1-5H2,(H2,9,11)(H,10,12). The first kappa shape index (κ1) is 8.34. The molecule has 1 saturated carbocycles. The number of aromatic nitrogens is 2. The van der Waals surface area contributed by atoms with Crippen molar-refractivity contribution in [3.05, 3.63) is 0 Å². The number of rotatable bonds is 5. The van der Waals surface area contributed by atoms with E-state index in [9.17, 15) is 0 Å². The highest BCUT2D eigenvalue weighted by Gasteiger charge is 2.19. The second-order valence-electron chi connectivity index (χ2n) is 3.46. The van der Waals surface area contributed by atoms with Crippen molar-refractivity contribution >= 4 is 12.0 Å². The van der Waals surface area contributed by atoms with Crippen molar-refractivity contribution in [2.75, 3.05) is 17.6 Å². The molecule has 1 aliphatic rings. The van der Waals surface area contributed by atoms with E-state index in [4.69, 9.17) is 10.2 Å². The fraction of sp³-hybridized carbons (Fsp3) is 0.750. The van der Waals surface area contributed by atoms with Crippen molar-refractivity contribution in [2.45, 2.75) is 25.7 Å². The lowest BCUT2D eigenvalue weighted by Gasteiger charge is -1.99. The van der Waals surface area contributed by atoms with Gasteiger partial charge in [-0.1, -0.05) is 23.0 Å². The minimum Gasteiger partial charge on any atom is -0.390 e. The Bertz CT molecular complexity index is 269. The zero-order valence-corrected chi connectivity index (χ0v) is 7.49. The normalized spacial score (nSPS) is 16.0. The molecule has 0 unspecified atom stereocenters. The van der Waals surface area contributed by atoms with Gasteiger partial charge in [-0.15, -0.1) is 0 Å². The Labute approximate surface area is 76.7 Å². The topological polar surface area (TPSA) is 77.0 Å². The Morgan fingerprint density at radius 1 is 1.46 bits per heavy atom. The van der Waals surface area contributed by atoms with E-state index >= 15 is 0 Å². The van der Waals surface area contributed by atoms with E-state index in [0.29, 0.717) is 6.01 Å². The van der Waals surface area contributed by atoms with Crippen LogP contribution >= 0.6 is 0 Å². The van der Waals surface area contributed by atoms with Gasteiger partial charge < -0.3 is 15.5 Å². The molecule has 0 aromatic carbocycles. The highest BCUT2D eigenvalue weighted by molar-refractivity contribution is 5.21. The van der Waals surface area contributed by atoms with Crippen LogP contribution in [0.25, 0.3) is 0 Å². The van der Waals surface area contributed by atoms with Gasteiger partial charge in [0.15, 0.2) is 0 Å². The second kappa shape index (κ2) is 3.64. The summed E-state index contributed by atoms with van der Waals surface area (Å²) >= 11 is 0. The monoisotopic (exact) mass is 182 g/mol. The molecule has 2 rings (SSSR count). The van der Waals surface area contributed by atoms with Gasteiger partial charge in [0.2, 0.25) is 0 Å². The first-order chi connectivity index (χ1) is 6.34. The van der Waals surface area contributed by atoms with Gasteiger partial charge >= 0.3 is 12.0 Å². The molecule has 0 spiro atoms. The fourth-order valence-electron chi connectivity index (χ4n) is 1.30. The average molecular weight is 182 g/mol. The maximum atomic E-state index is 5.26. The van der Waals surface area contributed by atoms with Gasteiger partial charge in [-0.05, 0) is 18.8 Å². The zero-order chi connectivity index (χ0) is 9.10. The van der Waals surface area contributed by atoms with E-state index < -0.39 is 0 Å². The summed E-state index contributed by atoms with van der Waals surface area (Å²) in [5.74, 6) is 0.981. The number of hydrogen-bond donors (Lipinski definition) is 2. The van der Waals surface area contributed by atoms with E-state index in [1.165, 1.54) is 19.3 Å². The van der Waals surface area contributed by atoms with Crippen molar-refractivity contribution in [1.82, 2.24) is 10.2 Å². The van der Waals surface area contributed by atoms with Crippen LogP contribution in [-0.4, -0.2) is 16.7 Å². The third kappa shape index (κ3) is 2.61. The summed E-state index contributed by atoms with van der Waals surface area (Å²) in [5.41, 5.74) is 5.26. The number of nitrogens with one attached hydrogen (secondary N) is 1. The van der Waals surface area contributed by atoms with Gasteiger partial charge in [0.05, 0.1) is 0 Å². The minimum atomic E-state index is 0.115. The van der Waals surface area contributed by atoms with Gasteiger partial charge in [-0.2, -0.15) is 0 Å². The molecule has 13 heavy (non-hydrogen) atoms. The summed E-state index contributed by atoms with van der Waals surface area (Å²) in [4.78, 5) is 0. The Morgan fingerprint density at radius 3 is 2.92 bits per heavy atom. The van der Waals surface area contributed by atoms with Gasteiger partial charge in [-0.25, -0.2) is 0 Å². The molecule has 1 aromatic heterocycles. The van der Waals surface area contributed by atoms with Gasteiger partial charge in [-0.3, -0.25) is 0 Å². The molecule has 1 heterocycles. The SMILES string of the molecule is Nc1nnc(NCCCC2CC2)o1. The molecule has 5 heteroatoms. The Balaban J connectivity index is 1.61. The Morgan fingerprint density at radius 2 is 2.31 bits per heavy atom. The number of anilines is 2. The van der Waals surface area contributed by atoms with Crippen molar-refractivity contribution < 1.29 is 4.42 Å². The fourth-order valence-corrected chi connectivity index (χ4v) is 1.30. The molecular weight excluding hydrogens is 168 g/mol. The molecule has 1 aromatic rings. The van der Waals surface area contributed by atoms with Crippen molar-refractivity contribution in [1.29, 1.82) is 0 Å². The quantitative estimate of drug-likeness (QED) is 0.670. The van der Waals surface area contributed by atoms with Gasteiger partial charge in [0.25, 0.3) is 0 Å². The molecule has 5 nitrogen and oxygen atoms in total. The lowest BCUT2D eigenvalue weighted by atomic mass is 10.2. The third-order valence-electron chi connectivity index (χ3n) is 2.20. The van der Waals surface area contributed by atoms with Crippen molar-refractivity contribution in [3.63, 3.8) is 0 Å². The summed E-state index contributed by atoms with van der Waals surface area (Å²) in [6, 6.07) is 0.540. The summed E-state index contributed by atoms with van der Waals surface area (Å²) in [5, 5.41) is 10.3. The van der Waals surface area contributed by atoms with E-state index in [1.54, 1.807) is 0 Å². The highest BCUT2D eigenvalue weighted by Crippen LogP contribution is 2.33. The van der Waals surface area contributed by atoms with Gasteiger partial charge in [0.1, 0.15) is 0 Å². The van der Waals surface area contributed by atoms with E-state index in [0.717, 1.165) is 18.9 Å². The molecule has 0 saturated heterocycles. The molecular formula is C8H14N4O. The number of nitrogens with zero attached hydrogens (tertiary/aromatic N) is 2. The first-order valence-electron chi connectivity index (χ1n) is 4.67. The van der Waals surface area contributed by atoms with Crippen LogP contribution in [0.2, 0.25) is 0 Å². The molecule has 0 amide bonds. The molecule has 1 fully saturated rings. The summed E-state index contributed by atoms with van der Waals surface area (Å²) in [7, 11) is 0. The van der Waals surface area contributed by atoms with Crippen molar-refractivity contribution in [2.24, 2.45) is 5.92 Å². The lowest BCUT2D eigenvalue weighted by Crippen LogP contribution is -2.01. The maximum absolute atomic E-state index is 5.26. The number of nitrogens with two attached hydrogens (primary N) is 1. The summed E-state index contributed by atoms with van der Waals surface area (Å²) in [6.07, 6.45) is 5.28. The molecule has 0 bridgehead atoms. The smallest absolute Gasteiger partial charge is 0.316 e. The Hall–Kier alpha value is -1.26. The first-order valence-corrected chi connectivity index (χ1v) is 4.67. The maximum Gasteiger partial charge on any atom is 0.316 e. The van der Waals surface area contributed by atoms with Crippen LogP contribution in [0.1, 0.15) is 25.7 Å². The Kier molecular flexibility index (Phi) is 2.33. The molecule has 0 aliphatic heterocycles. The van der Waals surface area contributed by atoms with Gasteiger partial charge in [0, 0.05) is 6.54 Å². The van der Waals surface area contributed by atoms with E-state index in [1.807, 2.05) is 0 Å². The summed E-state index contributed by atoms with van der Waals surface area (Å²) < 4.78 is 4.95. The summed E-state index contributed by atoms with van der Waals surface area (Å²) in [6.45, 7) is 0.887. The predicted octanol–water partition coefficient (Wildman–Crippen LogP) is 1.25. The predicted molar refractivity (Wildman–Crippen MR) is 49.2 cm³/mol. The third-order valence-corrected chi connectivity index (χ3v) is 2.20. The van der Waals surface area contributed by atoms with Crippen LogP contribution in [0.3, 0.4) is 0 Å². The van der Waals surface area contributed by atoms with Crippen LogP contribution in [0.15, 0.2) is 4.42 Å². The second-order valence-corrected chi connectivity index (χ2v) is 3.46. The van der Waals surface area contributed by atoms with Crippen LogP contribution in [-0.2, 0) is 0 Å². The zero-order valence-electron chi connectivity index (χ0n) is 7.49.